The Labute approximate surface area is 117 Å². The molecule has 0 radical (unpaired) electrons. The van der Waals surface area contributed by atoms with Gasteiger partial charge in [0.25, 0.3) is 0 Å². The Hall–Kier alpha value is -2.37. The van der Waals surface area contributed by atoms with Crippen molar-refractivity contribution in [2.75, 3.05) is 6.61 Å². The van der Waals surface area contributed by atoms with Crippen molar-refractivity contribution in [3.63, 3.8) is 0 Å². The number of carbonyl (C=O) groups is 3. The van der Waals surface area contributed by atoms with E-state index in [1.807, 2.05) is 0 Å². The van der Waals surface area contributed by atoms with Gasteiger partial charge in [-0.2, -0.15) is 0 Å². The molecular weight excluding hydrogens is 262 g/mol. The average Bonchev–Trinajstić information content (AvgIpc) is 2.32. The molecule has 20 heavy (non-hydrogen) atoms. The first-order valence-electron chi connectivity index (χ1n) is 6.10. The van der Waals surface area contributed by atoms with Crippen molar-refractivity contribution >= 4 is 17.8 Å². The van der Waals surface area contributed by atoms with Gasteiger partial charge in [0, 0.05) is 30.3 Å². The van der Waals surface area contributed by atoms with Crippen molar-refractivity contribution in [1.29, 1.82) is 0 Å². The fraction of sp³-hybridized carbons (Fsp3) is 0.357. The van der Waals surface area contributed by atoms with Gasteiger partial charge >= 0.3 is 11.9 Å². The molecule has 0 unspecified atom stereocenters. The minimum atomic E-state index is -0.678. The zero-order chi connectivity index (χ0) is 15.1. The van der Waals surface area contributed by atoms with Crippen LogP contribution in [0.4, 0.5) is 0 Å². The second kappa shape index (κ2) is 7.28. The summed E-state index contributed by atoms with van der Waals surface area (Å²) in [5.74, 6) is -1.58. The van der Waals surface area contributed by atoms with E-state index in [9.17, 15) is 14.4 Å². The van der Waals surface area contributed by atoms with Crippen LogP contribution in [-0.4, -0.2) is 30.6 Å². The van der Waals surface area contributed by atoms with Crippen LogP contribution >= 0.6 is 0 Å². The third-order valence-electron chi connectivity index (χ3n) is 2.18. The first-order valence-corrected chi connectivity index (χ1v) is 6.10. The molecule has 1 aliphatic heterocycles. The maximum absolute atomic E-state index is 11.4. The van der Waals surface area contributed by atoms with Gasteiger partial charge in [-0.3, -0.25) is 4.79 Å². The maximum atomic E-state index is 11.4. The lowest BCUT2D eigenvalue weighted by Gasteiger charge is -2.15. The van der Waals surface area contributed by atoms with Crippen molar-refractivity contribution < 1.29 is 23.9 Å². The molecule has 0 aromatic carbocycles. The van der Waals surface area contributed by atoms with Gasteiger partial charge < -0.3 is 14.8 Å². The van der Waals surface area contributed by atoms with Crippen molar-refractivity contribution in [3.8, 4) is 0 Å². The first-order chi connectivity index (χ1) is 9.36. The summed E-state index contributed by atoms with van der Waals surface area (Å²) in [6.45, 7) is 7.03. The topological polar surface area (TPSA) is 81.7 Å². The zero-order valence-corrected chi connectivity index (χ0v) is 11.5. The van der Waals surface area contributed by atoms with Crippen LogP contribution in [-0.2, 0) is 23.9 Å². The predicted molar refractivity (Wildman–Crippen MR) is 71.3 cm³/mol. The number of hydrogen-bond donors (Lipinski definition) is 1. The maximum Gasteiger partial charge on any atom is 0.331 e. The smallest absolute Gasteiger partial charge is 0.331 e. The molecule has 1 aliphatic rings. The molecule has 0 bridgehead atoms. The van der Waals surface area contributed by atoms with Crippen LogP contribution in [0, 0.1) is 0 Å². The number of carbonyl (C=O) groups excluding carboxylic acids is 3. The molecule has 0 fully saturated rings. The van der Waals surface area contributed by atoms with Crippen molar-refractivity contribution in [3.05, 3.63) is 36.1 Å². The van der Waals surface area contributed by atoms with Gasteiger partial charge in [0.1, 0.15) is 6.61 Å². The second-order valence-electron chi connectivity index (χ2n) is 4.50. The highest BCUT2D eigenvalue weighted by Crippen LogP contribution is 2.12. The third kappa shape index (κ3) is 5.99. The van der Waals surface area contributed by atoms with Crippen LogP contribution in [0.3, 0.4) is 0 Å². The predicted octanol–water partition coefficient (Wildman–Crippen LogP) is 0.997. The van der Waals surface area contributed by atoms with Crippen molar-refractivity contribution in [2.45, 2.75) is 26.4 Å². The van der Waals surface area contributed by atoms with Crippen molar-refractivity contribution in [1.82, 2.24) is 5.32 Å². The van der Waals surface area contributed by atoms with Gasteiger partial charge in [0.05, 0.1) is 6.10 Å². The third-order valence-corrected chi connectivity index (χ3v) is 2.18. The number of allylic oxidation sites excluding steroid dienone is 1. The highest BCUT2D eigenvalue weighted by Gasteiger charge is 2.13. The number of hydrogen-bond acceptors (Lipinski definition) is 5. The van der Waals surface area contributed by atoms with Gasteiger partial charge in [0.2, 0.25) is 5.91 Å². The van der Waals surface area contributed by atoms with Crippen LogP contribution in [0.1, 0.15) is 20.3 Å². The van der Waals surface area contributed by atoms with E-state index in [4.69, 9.17) is 9.47 Å². The van der Waals surface area contributed by atoms with Gasteiger partial charge in [0.15, 0.2) is 0 Å². The van der Waals surface area contributed by atoms with Crippen molar-refractivity contribution in [2.24, 2.45) is 0 Å². The van der Waals surface area contributed by atoms with Gasteiger partial charge in [-0.1, -0.05) is 6.58 Å². The lowest BCUT2D eigenvalue weighted by Crippen LogP contribution is -2.26. The van der Waals surface area contributed by atoms with Crippen LogP contribution < -0.4 is 5.32 Å². The Balaban J connectivity index is 2.40. The van der Waals surface area contributed by atoms with Gasteiger partial charge in [-0.15, -0.1) is 0 Å². The molecule has 0 aromatic rings. The average molecular weight is 279 g/mol. The molecule has 1 N–H and O–H groups in total. The lowest BCUT2D eigenvalue weighted by molar-refractivity contribution is -0.142. The van der Waals surface area contributed by atoms with Crippen LogP contribution in [0.5, 0.6) is 0 Å². The SMILES string of the molecule is C=C1CC(COC(=O)/C=C/C(=O)OC(C)C)=CC(=O)N1. The largest absolute Gasteiger partial charge is 0.460 e. The first kappa shape index (κ1) is 15.7. The van der Waals surface area contributed by atoms with Gasteiger partial charge in [-0.25, -0.2) is 9.59 Å². The number of esters is 2. The normalized spacial score (nSPS) is 15.1. The molecule has 6 heteroatoms. The Morgan fingerprint density at radius 2 is 2.05 bits per heavy atom. The summed E-state index contributed by atoms with van der Waals surface area (Å²) >= 11 is 0. The molecule has 1 heterocycles. The molecule has 1 amide bonds. The number of ether oxygens (including phenoxy) is 2. The summed E-state index contributed by atoms with van der Waals surface area (Å²) in [5, 5.41) is 2.53. The Bertz CT molecular complexity index is 488. The summed E-state index contributed by atoms with van der Waals surface area (Å²) in [7, 11) is 0. The molecule has 0 atom stereocenters. The van der Waals surface area contributed by atoms with Crippen LogP contribution in [0.15, 0.2) is 36.1 Å². The van der Waals surface area contributed by atoms with E-state index < -0.39 is 11.9 Å². The van der Waals surface area contributed by atoms with Crippen LogP contribution in [0.2, 0.25) is 0 Å². The highest BCUT2D eigenvalue weighted by atomic mass is 16.5. The van der Waals surface area contributed by atoms with E-state index >= 15 is 0 Å². The molecule has 0 aliphatic carbocycles. The summed E-state index contributed by atoms with van der Waals surface area (Å²) in [5.41, 5.74) is 1.20. The lowest BCUT2D eigenvalue weighted by atomic mass is 10.1. The van der Waals surface area contributed by atoms with E-state index in [0.717, 1.165) is 12.2 Å². The monoisotopic (exact) mass is 279 g/mol. The second-order valence-corrected chi connectivity index (χ2v) is 4.50. The van der Waals surface area contributed by atoms with Crippen LogP contribution in [0.25, 0.3) is 0 Å². The van der Waals surface area contributed by atoms with E-state index in [-0.39, 0.29) is 18.6 Å². The highest BCUT2D eigenvalue weighted by molar-refractivity contribution is 5.92. The van der Waals surface area contributed by atoms with E-state index in [1.54, 1.807) is 13.8 Å². The molecule has 108 valence electrons. The molecule has 6 nitrogen and oxygen atoms in total. The molecule has 1 rings (SSSR count). The molecule has 0 saturated heterocycles. The summed E-state index contributed by atoms with van der Waals surface area (Å²) in [6, 6.07) is 0. The molecule has 0 saturated carbocycles. The minimum absolute atomic E-state index is 0.0190. The molecular formula is C14H17NO5. The summed E-state index contributed by atoms with van der Waals surface area (Å²) < 4.78 is 9.72. The van der Waals surface area contributed by atoms with E-state index in [0.29, 0.717) is 17.7 Å². The quantitative estimate of drug-likeness (QED) is 0.599. The fourth-order valence-corrected chi connectivity index (χ4v) is 1.48. The standard InChI is InChI=1S/C14H17NO5/c1-9(2)20-14(18)5-4-13(17)19-8-11-6-10(3)15-12(16)7-11/h4-5,7,9H,3,6,8H2,1-2H3,(H,15,16)/b5-4+. The van der Waals surface area contributed by atoms with E-state index in [1.165, 1.54) is 6.08 Å². The molecule has 0 aromatic heterocycles. The van der Waals surface area contributed by atoms with E-state index in [2.05, 4.69) is 11.9 Å². The Morgan fingerprint density at radius 3 is 2.65 bits per heavy atom. The number of nitrogens with one attached hydrogen (secondary N) is 1. The number of rotatable bonds is 5. The Morgan fingerprint density at radius 1 is 1.40 bits per heavy atom. The fourth-order valence-electron chi connectivity index (χ4n) is 1.48. The summed E-state index contributed by atoms with van der Waals surface area (Å²) in [4.78, 5) is 33.7. The van der Waals surface area contributed by atoms with Gasteiger partial charge in [-0.05, 0) is 19.4 Å². The molecule has 0 spiro atoms. The summed E-state index contributed by atoms with van der Waals surface area (Å²) in [6.07, 6.45) is 3.54. The number of amides is 1. The zero-order valence-electron chi connectivity index (χ0n) is 11.5. The minimum Gasteiger partial charge on any atom is -0.460 e. The Kier molecular flexibility index (Phi) is 5.71.